The van der Waals surface area contributed by atoms with Crippen LogP contribution in [-0.2, 0) is 27.0 Å². The number of aliphatic carboxylic acids is 1. The van der Waals surface area contributed by atoms with Gasteiger partial charge in [0.05, 0.1) is 0 Å². The lowest BCUT2D eigenvalue weighted by Crippen LogP contribution is -2.46. The zero-order valence-corrected chi connectivity index (χ0v) is 6.46. The zero-order chi connectivity index (χ0) is 9.23. The molecule has 0 aliphatic heterocycles. The van der Waals surface area contributed by atoms with Crippen molar-refractivity contribution in [3.05, 3.63) is 0 Å². The van der Waals surface area contributed by atoms with Gasteiger partial charge in [-0.25, -0.2) is 13.2 Å². The maximum Gasteiger partial charge on any atom is 0.368 e. The van der Waals surface area contributed by atoms with Gasteiger partial charge in [0.25, 0.3) is 0 Å². The topological polar surface area (TPSA) is 132 Å². The van der Waals surface area contributed by atoms with E-state index in [4.69, 9.17) is 19.3 Å². The summed E-state index contributed by atoms with van der Waals surface area (Å²) in [4.78, 5) is 9.95. The molecule has 2 atom stereocenters. The highest BCUT2D eigenvalue weighted by Crippen LogP contribution is 2.12. The smallest absolute Gasteiger partial charge is 0.368 e. The number of aliphatic hydroxyl groups is 1. The van der Waals surface area contributed by atoms with Gasteiger partial charge in [-0.3, -0.25) is 0 Å². The van der Waals surface area contributed by atoms with Crippen LogP contribution in [0.3, 0.4) is 0 Å². The van der Waals surface area contributed by atoms with Gasteiger partial charge in [-0.05, 0) is 0 Å². The normalized spacial score (nSPS) is 21.7. The number of carboxylic acids is 1. The van der Waals surface area contributed by atoms with E-state index in [1.165, 1.54) is 0 Å². The number of hydrogen-bond donors (Lipinski definition) is 4. The molecule has 0 rings (SSSR count). The third-order valence-electron chi connectivity index (χ3n) is 0.744. The second-order valence-corrected chi connectivity index (χ2v) is 3.82. The van der Waals surface area contributed by atoms with Gasteiger partial charge < -0.3 is 19.3 Å². The molecule has 4 N–H and O–H groups in total. The Labute approximate surface area is 65.6 Å². The lowest BCUT2D eigenvalue weighted by Gasteiger charge is -2.12. The Balaban J connectivity index is 4.99. The maximum absolute atomic E-state index is 10.0. The minimum absolute atomic E-state index is 2.24. The second kappa shape index (κ2) is 3.36. The number of rotatable bonds is 3. The lowest BCUT2D eigenvalue weighted by molar-refractivity contribution is -0.144. The van der Waals surface area contributed by atoms with Gasteiger partial charge in [0, 0.05) is 0 Å². The quantitative estimate of drug-likeness (QED) is 0.397. The van der Waals surface area contributed by atoms with Crippen LogP contribution in [0.15, 0.2) is 0 Å². The van der Waals surface area contributed by atoms with E-state index in [-0.39, 0.29) is 0 Å². The van der Waals surface area contributed by atoms with E-state index in [1.807, 2.05) is 0 Å². The van der Waals surface area contributed by atoms with Crippen molar-refractivity contribution >= 4 is 28.1 Å². The fourth-order valence-electron chi connectivity index (χ4n) is 0.210. The summed E-state index contributed by atoms with van der Waals surface area (Å²) >= 11 is -6.65. The van der Waals surface area contributed by atoms with Crippen LogP contribution in [0, 0.1) is 0 Å². The molecule has 0 bridgehead atoms. The van der Waals surface area contributed by atoms with Gasteiger partial charge in [-0.15, -0.1) is 0 Å². The summed E-state index contributed by atoms with van der Waals surface area (Å²) in [6, 6.07) is 0. The highest BCUT2D eigenvalue weighted by Gasteiger charge is 2.50. The van der Waals surface area contributed by atoms with Crippen LogP contribution in [-0.4, -0.2) is 38.0 Å². The Morgan fingerprint density at radius 1 is 1.18 bits per heavy atom. The summed E-state index contributed by atoms with van der Waals surface area (Å²) in [6.07, 6.45) is 0. The maximum atomic E-state index is 10.0. The molecule has 0 radical (unpaired) electrons. The Kier molecular flexibility index (Phi) is 3.26. The first-order valence-electron chi connectivity index (χ1n) is 2.01. The molecule has 9 heteroatoms. The highest BCUT2D eigenvalue weighted by molar-refractivity contribution is 8.00. The largest absolute Gasteiger partial charge is 0.478 e. The molecule has 0 saturated heterocycles. The first-order chi connectivity index (χ1) is 4.83. The Hall–Kier alpha value is -0.350. The average molecular weight is 204 g/mol. The van der Waals surface area contributed by atoms with E-state index in [1.54, 1.807) is 0 Å². The first kappa shape index (κ1) is 10.7. The van der Waals surface area contributed by atoms with Crippen LogP contribution in [0.25, 0.3) is 0 Å². The standard InChI is InChI=1S/C2H4O7S2/c3-1(4)2(5,10(6)7)11(8)9/h5H,(H,3,4)(H,6,7)(H,8,9). The lowest BCUT2D eigenvalue weighted by atomic mass is 10.7. The van der Waals surface area contributed by atoms with E-state index in [2.05, 4.69) is 0 Å². The molecular formula is C2H4O7S2. The van der Waals surface area contributed by atoms with E-state index < -0.39 is 32.4 Å². The number of carboxylic acid groups (broad SMARTS) is 1. The van der Waals surface area contributed by atoms with E-state index in [9.17, 15) is 13.2 Å². The third kappa shape index (κ3) is 1.81. The molecule has 7 nitrogen and oxygen atoms in total. The van der Waals surface area contributed by atoms with Crippen molar-refractivity contribution in [1.82, 2.24) is 0 Å². The Morgan fingerprint density at radius 3 is 1.45 bits per heavy atom. The van der Waals surface area contributed by atoms with E-state index >= 15 is 0 Å². The third-order valence-corrected chi connectivity index (χ3v) is 2.90. The first-order valence-corrected chi connectivity index (χ1v) is 4.22. The van der Waals surface area contributed by atoms with Crippen molar-refractivity contribution in [3.8, 4) is 0 Å². The van der Waals surface area contributed by atoms with E-state index in [0.717, 1.165) is 0 Å². The van der Waals surface area contributed by atoms with Gasteiger partial charge >= 0.3 is 10.2 Å². The summed E-state index contributed by atoms with van der Waals surface area (Å²) in [7, 11) is 0. The van der Waals surface area contributed by atoms with Crippen LogP contribution in [0.4, 0.5) is 0 Å². The molecule has 2 unspecified atom stereocenters. The second-order valence-electron chi connectivity index (χ2n) is 1.39. The van der Waals surface area contributed by atoms with Crippen LogP contribution in [0.5, 0.6) is 0 Å². The predicted octanol–water partition coefficient (Wildman–Crippen LogP) is -1.84. The molecule has 0 fully saturated rings. The molecule has 0 heterocycles. The highest BCUT2D eigenvalue weighted by atomic mass is 32.3. The monoisotopic (exact) mass is 204 g/mol. The molecule has 0 aliphatic rings. The molecule has 0 aromatic heterocycles. The molecule has 0 aliphatic carbocycles. The number of carbonyl (C=O) groups is 1. The molecule has 0 aromatic rings. The van der Waals surface area contributed by atoms with Gasteiger partial charge in [0.2, 0.25) is 22.2 Å². The van der Waals surface area contributed by atoms with Gasteiger partial charge in [0.1, 0.15) is 0 Å². The zero-order valence-electron chi connectivity index (χ0n) is 4.83. The summed E-state index contributed by atoms with van der Waals surface area (Å²) in [5, 5.41) is 16.6. The molecule has 66 valence electrons. The molecule has 0 spiro atoms. The summed E-state index contributed by atoms with van der Waals surface area (Å²) in [5.41, 5.74) is 0. The average Bonchev–Trinajstić information content (AvgIpc) is 1.84. The van der Waals surface area contributed by atoms with Crippen molar-refractivity contribution < 1.29 is 32.5 Å². The fourth-order valence-corrected chi connectivity index (χ4v) is 0.997. The minimum Gasteiger partial charge on any atom is -0.478 e. The van der Waals surface area contributed by atoms with Crippen molar-refractivity contribution in [2.45, 2.75) is 4.27 Å². The van der Waals surface area contributed by atoms with Gasteiger partial charge in [-0.1, -0.05) is 0 Å². The van der Waals surface area contributed by atoms with Crippen molar-refractivity contribution in [2.24, 2.45) is 0 Å². The molecule has 0 amide bonds. The summed E-state index contributed by atoms with van der Waals surface area (Å²) < 4.78 is 32.7. The molecule has 0 saturated carbocycles. The molecular weight excluding hydrogens is 200 g/mol. The van der Waals surface area contributed by atoms with Crippen molar-refractivity contribution in [1.29, 1.82) is 0 Å². The summed E-state index contributed by atoms with van der Waals surface area (Å²) in [5.74, 6) is -2.24. The van der Waals surface area contributed by atoms with Crippen LogP contribution in [0.2, 0.25) is 0 Å². The number of hydrogen-bond acceptors (Lipinski definition) is 4. The van der Waals surface area contributed by atoms with Crippen molar-refractivity contribution in [2.75, 3.05) is 0 Å². The fraction of sp³-hybridized carbons (Fsp3) is 0.500. The Bertz CT molecular complexity index is 184. The summed E-state index contributed by atoms with van der Waals surface area (Å²) in [6.45, 7) is 0. The van der Waals surface area contributed by atoms with Gasteiger partial charge in [-0.2, -0.15) is 0 Å². The van der Waals surface area contributed by atoms with E-state index in [0.29, 0.717) is 0 Å². The SMILES string of the molecule is O=C(O)C(O)(S(=O)O)S(=O)O. The Morgan fingerprint density at radius 2 is 1.45 bits per heavy atom. The minimum atomic E-state index is -3.53. The van der Waals surface area contributed by atoms with Crippen LogP contribution >= 0.6 is 0 Å². The van der Waals surface area contributed by atoms with Crippen LogP contribution < -0.4 is 0 Å². The molecule has 11 heavy (non-hydrogen) atoms. The van der Waals surface area contributed by atoms with Crippen molar-refractivity contribution in [3.63, 3.8) is 0 Å². The van der Waals surface area contributed by atoms with Crippen LogP contribution in [0.1, 0.15) is 0 Å². The van der Waals surface area contributed by atoms with Gasteiger partial charge in [0.15, 0.2) is 0 Å². The molecule has 0 aromatic carbocycles. The predicted molar refractivity (Wildman–Crippen MR) is 34.1 cm³/mol.